The lowest BCUT2D eigenvalue weighted by molar-refractivity contribution is -0.122. The summed E-state index contributed by atoms with van der Waals surface area (Å²) >= 11 is 5.39. The van der Waals surface area contributed by atoms with Crippen molar-refractivity contribution in [2.45, 2.75) is 19.3 Å². The second kappa shape index (κ2) is 7.24. The van der Waals surface area contributed by atoms with Crippen LogP contribution in [0, 0.1) is 5.92 Å². The van der Waals surface area contributed by atoms with Crippen LogP contribution in [-0.2, 0) is 11.2 Å². The Hall–Kier alpha value is -1.62. The molecule has 1 saturated heterocycles. The molecule has 2 rings (SSSR count). The molecule has 1 aromatic rings. The van der Waals surface area contributed by atoms with Gasteiger partial charge in [-0.1, -0.05) is 30.3 Å². The second-order valence-electron chi connectivity index (χ2n) is 5.16. The minimum atomic E-state index is -0.221. The standard InChI is InChI=1S/C15H21N3OS/c16-14(19)13-7-4-10-18(11-13)15(20)17-9-8-12-5-2-1-3-6-12/h1-3,5-6,13H,4,7-11H2,(H2,16,19)(H,17,20)/t13-/m1/s1. The smallest absolute Gasteiger partial charge is 0.222 e. The Bertz CT molecular complexity index is 463. The van der Waals surface area contributed by atoms with E-state index in [4.69, 9.17) is 18.0 Å². The van der Waals surface area contributed by atoms with Gasteiger partial charge >= 0.3 is 0 Å². The van der Waals surface area contributed by atoms with Gasteiger partial charge in [0, 0.05) is 19.6 Å². The molecular formula is C15H21N3OS. The van der Waals surface area contributed by atoms with E-state index in [1.54, 1.807) is 0 Å². The van der Waals surface area contributed by atoms with Crippen molar-refractivity contribution in [1.82, 2.24) is 10.2 Å². The minimum absolute atomic E-state index is 0.0716. The van der Waals surface area contributed by atoms with Crippen LogP contribution < -0.4 is 11.1 Å². The van der Waals surface area contributed by atoms with E-state index in [0.717, 1.165) is 37.5 Å². The third-order valence-electron chi connectivity index (χ3n) is 3.64. The van der Waals surface area contributed by atoms with Crippen molar-refractivity contribution in [3.05, 3.63) is 35.9 Å². The summed E-state index contributed by atoms with van der Waals surface area (Å²) in [7, 11) is 0. The number of hydrogen-bond donors (Lipinski definition) is 2. The van der Waals surface area contributed by atoms with Gasteiger partial charge in [0.2, 0.25) is 5.91 Å². The minimum Gasteiger partial charge on any atom is -0.369 e. The maximum atomic E-state index is 11.3. The van der Waals surface area contributed by atoms with Gasteiger partial charge in [-0.05, 0) is 37.0 Å². The quantitative estimate of drug-likeness (QED) is 0.821. The maximum Gasteiger partial charge on any atom is 0.222 e. The van der Waals surface area contributed by atoms with E-state index in [-0.39, 0.29) is 11.8 Å². The van der Waals surface area contributed by atoms with Crippen molar-refractivity contribution in [3.8, 4) is 0 Å². The molecule has 4 nitrogen and oxygen atoms in total. The number of benzene rings is 1. The number of carbonyl (C=O) groups excluding carboxylic acids is 1. The Balaban J connectivity index is 1.75. The Kier molecular flexibility index (Phi) is 5.35. The monoisotopic (exact) mass is 291 g/mol. The first-order valence-corrected chi connectivity index (χ1v) is 7.43. The number of piperidine rings is 1. The van der Waals surface area contributed by atoms with Crippen LogP contribution in [0.15, 0.2) is 30.3 Å². The van der Waals surface area contributed by atoms with Crippen LogP contribution in [0.2, 0.25) is 0 Å². The molecule has 1 aromatic carbocycles. The molecule has 0 aliphatic carbocycles. The summed E-state index contributed by atoms with van der Waals surface area (Å²) in [4.78, 5) is 13.3. The lowest BCUT2D eigenvalue weighted by atomic mass is 9.98. The molecule has 1 aliphatic rings. The van der Waals surface area contributed by atoms with Gasteiger partial charge in [0.05, 0.1) is 5.92 Å². The first-order valence-electron chi connectivity index (χ1n) is 7.03. The molecule has 5 heteroatoms. The highest BCUT2D eigenvalue weighted by molar-refractivity contribution is 7.80. The van der Waals surface area contributed by atoms with E-state index >= 15 is 0 Å². The van der Waals surface area contributed by atoms with E-state index in [0.29, 0.717) is 6.54 Å². The van der Waals surface area contributed by atoms with Gasteiger partial charge in [0.15, 0.2) is 5.11 Å². The summed E-state index contributed by atoms with van der Waals surface area (Å²) in [5, 5.41) is 3.99. The number of thiocarbonyl (C=S) groups is 1. The summed E-state index contributed by atoms with van der Waals surface area (Å²) in [5.74, 6) is -0.292. The van der Waals surface area contributed by atoms with Gasteiger partial charge in [-0.25, -0.2) is 0 Å². The summed E-state index contributed by atoms with van der Waals surface area (Å²) in [5.41, 5.74) is 6.66. The fourth-order valence-electron chi connectivity index (χ4n) is 2.46. The largest absolute Gasteiger partial charge is 0.369 e. The molecule has 0 aromatic heterocycles. The molecule has 1 aliphatic heterocycles. The number of carbonyl (C=O) groups is 1. The molecule has 1 amide bonds. The zero-order valence-corrected chi connectivity index (χ0v) is 12.4. The van der Waals surface area contributed by atoms with Crippen molar-refractivity contribution in [2.75, 3.05) is 19.6 Å². The fraction of sp³-hybridized carbons (Fsp3) is 0.467. The summed E-state index contributed by atoms with van der Waals surface area (Å²) in [6.07, 6.45) is 2.78. The first kappa shape index (κ1) is 14.8. The van der Waals surface area contributed by atoms with Crippen molar-refractivity contribution in [3.63, 3.8) is 0 Å². The molecule has 3 N–H and O–H groups in total. The molecular weight excluding hydrogens is 270 g/mol. The fourth-order valence-corrected chi connectivity index (χ4v) is 2.73. The molecule has 0 unspecified atom stereocenters. The van der Waals surface area contributed by atoms with Crippen LogP contribution in [0.4, 0.5) is 0 Å². The Morgan fingerprint density at radius 1 is 1.40 bits per heavy atom. The van der Waals surface area contributed by atoms with E-state index in [9.17, 15) is 4.79 Å². The molecule has 0 radical (unpaired) electrons. The van der Waals surface area contributed by atoms with Crippen LogP contribution in [0.1, 0.15) is 18.4 Å². The molecule has 0 saturated carbocycles. The highest BCUT2D eigenvalue weighted by atomic mass is 32.1. The average Bonchev–Trinajstić information content (AvgIpc) is 2.48. The van der Waals surface area contributed by atoms with Crippen molar-refractivity contribution in [2.24, 2.45) is 11.7 Å². The molecule has 20 heavy (non-hydrogen) atoms. The third-order valence-corrected chi connectivity index (χ3v) is 4.05. The van der Waals surface area contributed by atoms with Gasteiger partial charge in [0.25, 0.3) is 0 Å². The third kappa shape index (κ3) is 4.20. The van der Waals surface area contributed by atoms with Crippen molar-refractivity contribution >= 4 is 23.2 Å². The maximum absolute atomic E-state index is 11.3. The molecule has 108 valence electrons. The van der Waals surface area contributed by atoms with Crippen LogP contribution >= 0.6 is 12.2 Å². The van der Waals surface area contributed by atoms with E-state index in [2.05, 4.69) is 22.3 Å². The normalized spacial score (nSPS) is 18.6. The highest BCUT2D eigenvalue weighted by Gasteiger charge is 2.25. The Morgan fingerprint density at radius 3 is 2.85 bits per heavy atom. The van der Waals surface area contributed by atoms with Crippen LogP contribution in [0.3, 0.4) is 0 Å². The van der Waals surface area contributed by atoms with Gasteiger partial charge in [-0.15, -0.1) is 0 Å². The van der Waals surface area contributed by atoms with Gasteiger partial charge in [0.1, 0.15) is 0 Å². The predicted molar refractivity (Wildman–Crippen MR) is 84.2 cm³/mol. The zero-order chi connectivity index (χ0) is 14.4. The summed E-state index contributed by atoms with van der Waals surface area (Å²) in [6.45, 7) is 2.36. The topological polar surface area (TPSA) is 58.4 Å². The number of primary amides is 1. The second-order valence-corrected chi connectivity index (χ2v) is 5.54. The Morgan fingerprint density at radius 2 is 2.15 bits per heavy atom. The number of nitrogens with two attached hydrogens (primary N) is 1. The lowest BCUT2D eigenvalue weighted by Gasteiger charge is -2.33. The highest BCUT2D eigenvalue weighted by Crippen LogP contribution is 2.15. The van der Waals surface area contributed by atoms with E-state index in [1.165, 1.54) is 5.56 Å². The van der Waals surface area contributed by atoms with E-state index in [1.807, 2.05) is 18.2 Å². The number of amides is 1. The number of likely N-dealkylation sites (tertiary alicyclic amines) is 1. The van der Waals surface area contributed by atoms with E-state index < -0.39 is 0 Å². The van der Waals surface area contributed by atoms with Crippen molar-refractivity contribution in [1.29, 1.82) is 0 Å². The summed E-state index contributed by atoms with van der Waals surface area (Å²) in [6, 6.07) is 10.3. The lowest BCUT2D eigenvalue weighted by Crippen LogP contribution is -2.48. The van der Waals surface area contributed by atoms with Crippen molar-refractivity contribution < 1.29 is 4.79 Å². The molecule has 1 heterocycles. The average molecular weight is 291 g/mol. The number of hydrogen-bond acceptors (Lipinski definition) is 2. The summed E-state index contributed by atoms with van der Waals surface area (Å²) < 4.78 is 0. The number of rotatable bonds is 4. The molecule has 1 fully saturated rings. The number of nitrogens with one attached hydrogen (secondary N) is 1. The SMILES string of the molecule is NC(=O)[C@@H]1CCCN(C(=S)NCCc2ccccc2)C1. The van der Waals surface area contributed by atoms with Gasteiger partial charge < -0.3 is 16.0 Å². The molecule has 1 atom stereocenters. The zero-order valence-electron chi connectivity index (χ0n) is 11.5. The van der Waals surface area contributed by atoms with Crippen LogP contribution in [-0.4, -0.2) is 35.6 Å². The van der Waals surface area contributed by atoms with Gasteiger partial charge in [-0.2, -0.15) is 0 Å². The molecule has 0 bridgehead atoms. The predicted octanol–water partition coefficient (Wildman–Crippen LogP) is 1.30. The van der Waals surface area contributed by atoms with Gasteiger partial charge in [-0.3, -0.25) is 4.79 Å². The molecule has 0 spiro atoms. The van der Waals surface area contributed by atoms with Crippen LogP contribution in [0.25, 0.3) is 0 Å². The first-order chi connectivity index (χ1) is 9.66. The Labute approximate surface area is 125 Å². The van der Waals surface area contributed by atoms with Crippen LogP contribution in [0.5, 0.6) is 0 Å². The number of nitrogens with zero attached hydrogens (tertiary/aromatic N) is 1.